The van der Waals surface area contributed by atoms with Gasteiger partial charge in [-0.25, -0.2) is 28.8 Å². The number of fused-ring (bicyclic) bond motifs is 2. The van der Waals surface area contributed by atoms with Crippen molar-refractivity contribution in [1.82, 2.24) is 34.3 Å². The van der Waals surface area contributed by atoms with E-state index in [0.29, 0.717) is 26.9 Å². The lowest BCUT2D eigenvalue weighted by atomic mass is 10.2. The van der Waals surface area contributed by atoms with Gasteiger partial charge in [0.2, 0.25) is 0 Å². The molecule has 0 aliphatic heterocycles. The zero-order chi connectivity index (χ0) is 22.5. The summed E-state index contributed by atoms with van der Waals surface area (Å²) in [5, 5.41) is 5.04. The Labute approximate surface area is 176 Å². The number of benzene rings is 1. The Bertz CT molecular complexity index is 1520. The van der Waals surface area contributed by atoms with Gasteiger partial charge < -0.3 is 0 Å². The standard InChI is InChI=1S/C20H13F4N7O/c21-13-6-2-1-4-11(13)9-31-18-12(5-3-7-25-18)15(29-31)17-26-8-14-16(27-17)28-19(32)30(14)10-20(22,23)24/h1-8H,9-10H2,(H,26,27,28,32). The molecule has 1 N–H and O–H groups in total. The highest BCUT2D eigenvalue weighted by Crippen LogP contribution is 2.26. The van der Waals surface area contributed by atoms with E-state index in [1.807, 2.05) is 0 Å². The van der Waals surface area contributed by atoms with Crippen LogP contribution in [0.25, 0.3) is 33.7 Å². The smallest absolute Gasteiger partial charge is 0.290 e. The highest BCUT2D eigenvalue weighted by Gasteiger charge is 2.30. The van der Waals surface area contributed by atoms with Crippen LogP contribution >= 0.6 is 0 Å². The number of nitrogens with one attached hydrogen (secondary N) is 1. The zero-order valence-electron chi connectivity index (χ0n) is 16.1. The summed E-state index contributed by atoms with van der Waals surface area (Å²) in [5.74, 6) is -0.307. The number of pyridine rings is 1. The number of hydrogen-bond donors (Lipinski definition) is 1. The minimum absolute atomic E-state index is 0.0510. The molecule has 5 aromatic rings. The summed E-state index contributed by atoms with van der Waals surface area (Å²) in [6.45, 7) is -1.36. The molecule has 0 aliphatic carbocycles. The molecule has 0 radical (unpaired) electrons. The number of nitrogens with zero attached hydrogens (tertiary/aromatic N) is 6. The van der Waals surface area contributed by atoms with Crippen molar-refractivity contribution in [2.75, 3.05) is 0 Å². The second kappa shape index (κ2) is 7.25. The van der Waals surface area contributed by atoms with Crippen molar-refractivity contribution in [3.63, 3.8) is 0 Å². The third-order valence-electron chi connectivity index (χ3n) is 4.86. The number of halogens is 4. The lowest BCUT2D eigenvalue weighted by molar-refractivity contribution is -0.140. The number of rotatable bonds is 4. The van der Waals surface area contributed by atoms with Crippen LogP contribution in [0.4, 0.5) is 17.6 Å². The Morgan fingerprint density at radius 1 is 1.06 bits per heavy atom. The molecule has 0 fully saturated rings. The van der Waals surface area contributed by atoms with E-state index in [1.165, 1.54) is 10.7 Å². The quantitative estimate of drug-likeness (QED) is 0.430. The van der Waals surface area contributed by atoms with E-state index in [4.69, 9.17) is 0 Å². The summed E-state index contributed by atoms with van der Waals surface area (Å²) >= 11 is 0. The Morgan fingerprint density at radius 2 is 1.88 bits per heavy atom. The molecule has 32 heavy (non-hydrogen) atoms. The van der Waals surface area contributed by atoms with E-state index < -0.39 is 24.2 Å². The summed E-state index contributed by atoms with van der Waals surface area (Å²) < 4.78 is 54.5. The monoisotopic (exact) mass is 443 g/mol. The molecule has 0 saturated heterocycles. The molecule has 8 nitrogen and oxygen atoms in total. The van der Waals surface area contributed by atoms with Gasteiger partial charge in [0.25, 0.3) is 0 Å². The van der Waals surface area contributed by atoms with Crippen LogP contribution in [0.2, 0.25) is 0 Å². The SMILES string of the molecule is O=c1[nH]c2nc(-c3nn(Cc4ccccc4F)c4ncccc34)ncc2n1CC(F)(F)F. The van der Waals surface area contributed by atoms with Crippen LogP contribution in [0.1, 0.15) is 5.56 Å². The summed E-state index contributed by atoms with van der Waals surface area (Å²) in [7, 11) is 0. The molecule has 0 aliphatic rings. The molecular weight excluding hydrogens is 430 g/mol. The van der Waals surface area contributed by atoms with Crippen molar-refractivity contribution in [3.05, 3.63) is 70.7 Å². The lowest BCUT2D eigenvalue weighted by Gasteiger charge is -2.06. The largest absolute Gasteiger partial charge is 0.406 e. The predicted molar refractivity (Wildman–Crippen MR) is 106 cm³/mol. The minimum atomic E-state index is -4.58. The van der Waals surface area contributed by atoms with E-state index in [-0.39, 0.29) is 23.5 Å². The number of H-pyrrole nitrogens is 1. The molecule has 0 bridgehead atoms. The average Bonchev–Trinajstić information content (AvgIpc) is 3.26. The van der Waals surface area contributed by atoms with E-state index in [1.54, 1.807) is 36.5 Å². The maximum absolute atomic E-state index is 14.1. The third kappa shape index (κ3) is 3.49. The summed E-state index contributed by atoms with van der Waals surface area (Å²) in [6, 6.07) is 9.67. The normalized spacial score (nSPS) is 12.1. The molecule has 162 valence electrons. The van der Waals surface area contributed by atoms with Crippen LogP contribution < -0.4 is 5.69 Å². The first-order valence-electron chi connectivity index (χ1n) is 9.38. The Balaban J connectivity index is 1.62. The van der Waals surface area contributed by atoms with Gasteiger partial charge >= 0.3 is 11.9 Å². The van der Waals surface area contributed by atoms with Gasteiger partial charge in [-0.2, -0.15) is 18.3 Å². The summed E-state index contributed by atoms with van der Waals surface area (Å²) in [4.78, 5) is 27.0. The molecule has 0 unspecified atom stereocenters. The Kier molecular flexibility index (Phi) is 4.50. The lowest BCUT2D eigenvalue weighted by Crippen LogP contribution is -2.26. The molecule has 0 atom stereocenters. The molecule has 12 heteroatoms. The summed E-state index contributed by atoms with van der Waals surface area (Å²) in [5.41, 5.74) is 0.0852. The fourth-order valence-electron chi connectivity index (χ4n) is 3.47. The van der Waals surface area contributed by atoms with Crippen molar-refractivity contribution in [1.29, 1.82) is 0 Å². The Hall–Kier alpha value is -4.09. The van der Waals surface area contributed by atoms with Gasteiger partial charge in [-0.1, -0.05) is 18.2 Å². The van der Waals surface area contributed by atoms with Gasteiger partial charge in [0.1, 0.15) is 23.6 Å². The van der Waals surface area contributed by atoms with Crippen LogP contribution in [-0.4, -0.2) is 40.5 Å². The van der Waals surface area contributed by atoms with Crippen molar-refractivity contribution in [3.8, 4) is 11.5 Å². The van der Waals surface area contributed by atoms with Gasteiger partial charge in [-0.3, -0.25) is 9.55 Å². The topological polar surface area (TPSA) is 94.3 Å². The molecule has 4 heterocycles. The number of imidazole rings is 1. The van der Waals surface area contributed by atoms with Crippen LogP contribution in [0, 0.1) is 5.82 Å². The highest BCUT2D eigenvalue weighted by atomic mass is 19.4. The van der Waals surface area contributed by atoms with Gasteiger partial charge in [0.05, 0.1) is 18.1 Å². The maximum atomic E-state index is 14.1. The maximum Gasteiger partial charge on any atom is 0.406 e. The van der Waals surface area contributed by atoms with Crippen LogP contribution in [-0.2, 0) is 13.1 Å². The van der Waals surface area contributed by atoms with Gasteiger partial charge in [-0.15, -0.1) is 0 Å². The predicted octanol–water partition coefficient (Wildman–Crippen LogP) is 3.28. The molecule has 0 saturated carbocycles. The van der Waals surface area contributed by atoms with Gasteiger partial charge in [0, 0.05) is 11.8 Å². The van der Waals surface area contributed by atoms with E-state index in [0.717, 1.165) is 6.20 Å². The van der Waals surface area contributed by atoms with Gasteiger partial charge in [0.15, 0.2) is 17.1 Å². The second-order valence-corrected chi connectivity index (χ2v) is 7.03. The van der Waals surface area contributed by atoms with Crippen molar-refractivity contribution < 1.29 is 17.6 Å². The van der Waals surface area contributed by atoms with Gasteiger partial charge in [-0.05, 0) is 18.2 Å². The second-order valence-electron chi connectivity index (χ2n) is 7.03. The first-order valence-corrected chi connectivity index (χ1v) is 9.38. The average molecular weight is 443 g/mol. The molecular formula is C20H13F4N7O. The third-order valence-corrected chi connectivity index (χ3v) is 4.86. The number of aromatic nitrogens is 7. The van der Waals surface area contributed by atoms with E-state index in [9.17, 15) is 22.4 Å². The van der Waals surface area contributed by atoms with E-state index in [2.05, 4.69) is 25.0 Å². The van der Waals surface area contributed by atoms with Crippen molar-refractivity contribution in [2.45, 2.75) is 19.3 Å². The molecule has 4 aromatic heterocycles. The van der Waals surface area contributed by atoms with Crippen LogP contribution in [0.3, 0.4) is 0 Å². The fraction of sp³-hybridized carbons (Fsp3) is 0.150. The number of alkyl halides is 3. The number of hydrogen-bond acceptors (Lipinski definition) is 5. The minimum Gasteiger partial charge on any atom is -0.290 e. The van der Waals surface area contributed by atoms with E-state index >= 15 is 0 Å². The Morgan fingerprint density at radius 3 is 2.66 bits per heavy atom. The molecule has 0 amide bonds. The zero-order valence-corrected chi connectivity index (χ0v) is 16.1. The van der Waals surface area contributed by atoms with Crippen molar-refractivity contribution >= 4 is 22.2 Å². The van der Waals surface area contributed by atoms with Crippen LogP contribution in [0.5, 0.6) is 0 Å². The van der Waals surface area contributed by atoms with Crippen LogP contribution in [0.15, 0.2) is 53.6 Å². The molecule has 1 aromatic carbocycles. The summed E-state index contributed by atoms with van der Waals surface area (Å²) in [6.07, 6.45) is -1.88. The number of aromatic amines is 1. The van der Waals surface area contributed by atoms with Crippen molar-refractivity contribution in [2.24, 2.45) is 0 Å². The fourth-order valence-corrected chi connectivity index (χ4v) is 3.47. The molecule has 0 spiro atoms. The highest BCUT2D eigenvalue weighted by molar-refractivity contribution is 5.90. The first-order chi connectivity index (χ1) is 15.3. The molecule has 5 rings (SSSR count). The first kappa shape index (κ1) is 19.8.